The van der Waals surface area contributed by atoms with E-state index in [1.54, 1.807) is 11.3 Å². The quantitative estimate of drug-likeness (QED) is 0.721. The van der Waals surface area contributed by atoms with Gasteiger partial charge >= 0.3 is 0 Å². The van der Waals surface area contributed by atoms with E-state index < -0.39 is 0 Å². The van der Waals surface area contributed by atoms with E-state index in [2.05, 4.69) is 32.2 Å². The van der Waals surface area contributed by atoms with Crippen LogP contribution in [0.1, 0.15) is 44.9 Å². The second-order valence-corrected chi connectivity index (χ2v) is 6.56. The average Bonchev–Trinajstić information content (AvgIpc) is 2.73. The molecule has 0 bridgehead atoms. The summed E-state index contributed by atoms with van der Waals surface area (Å²) in [5.41, 5.74) is 0. The summed E-state index contributed by atoms with van der Waals surface area (Å²) in [6, 6.07) is 4.78. The Labute approximate surface area is 115 Å². The lowest BCUT2D eigenvalue weighted by Crippen LogP contribution is -2.31. The highest BCUT2D eigenvalue weighted by molar-refractivity contribution is 7.16. The lowest BCUT2D eigenvalue weighted by Gasteiger charge is -2.20. The van der Waals surface area contributed by atoms with Crippen LogP contribution in [0.3, 0.4) is 0 Å². The normalized spacial score (nSPS) is 14.8. The molecule has 0 saturated heterocycles. The van der Waals surface area contributed by atoms with Crippen molar-refractivity contribution >= 4 is 22.9 Å². The van der Waals surface area contributed by atoms with Crippen molar-refractivity contribution in [2.75, 3.05) is 6.54 Å². The van der Waals surface area contributed by atoms with Crippen molar-refractivity contribution in [3.8, 4) is 0 Å². The predicted octanol–water partition coefficient (Wildman–Crippen LogP) is 4.75. The molecule has 0 fully saturated rings. The molecule has 0 radical (unpaired) electrons. The van der Waals surface area contributed by atoms with Crippen molar-refractivity contribution in [1.29, 1.82) is 0 Å². The monoisotopic (exact) mass is 273 g/mol. The molecular formula is C14H24ClNS. The van der Waals surface area contributed by atoms with Crippen LogP contribution in [-0.4, -0.2) is 12.6 Å². The Balaban J connectivity index is 2.23. The fourth-order valence-electron chi connectivity index (χ4n) is 1.93. The number of thiophene rings is 1. The zero-order chi connectivity index (χ0) is 12.7. The van der Waals surface area contributed by atoms with E-state index in [1.165, 1.54) is 24.1 Å². The summed E-state index contributed by atoms with van der Waals surface area (Å²) < 4.78 is 0.895. The predicted molar refractivity (Wildman–Crippen MR) is 79.2 cm³/mol. The Morgan fingerprint density at radius 2 is 2.06 bits per heavy atom. The van der Waals surface area contributed by atoms with Crippen LogP contribution in [0.4, 0.5) is 0 Å². The largest absolute Gasteiger partial charge is 0.314 e. The van der Waals surface area contributed by atoms with Crippen LogP contribution in [0.25, 0.3) is 0 Å². The molecule has 0 aliphatic rings. The van der Waals surface area contributed by atoms with Crippen molar-refractivity contribution < 1.29 is 0 Å². The van der Waals surface area contributed by atoms with Crippen molar-refractivity contribution in [1.82, 2.24) is 5.32 Å². The first-order valence-electron chi connectivity index (χ1n) is 6.63. The number of hydrogen-bond donors (Lipinski definition) is 1. The SMILES string of the molecule is CCC(C)CC(CC)NCCc1ccc(Cl)s1. The van der Waals surface area contributed by atoms with Gasteiger partial charge < -0.3 is 5.32 Å². The fourth-order valence-corrected chi connectivity index (χ4v) is 3.02. The molecule has 1 N–H and O–H groups in total. The van der Waals surface area contributed by atoms with E-state index in [0.717, 1.165) is 23.2 Å². The van der Waals surface area contributed by atoms with Gasteiger partial charge in [0.25, 0.3) is 0 Å². The van der Waals surface area contributed by atoms with Crippen LogP contribution in [0, 0.1) is 5.92 Å². The third-order valence-electron chi connectivity index (χ3n) is 3.31. The molecule has 1 heterocycles. The van der Waals surface area contributed by atoms with Crippen molar-refractivity contribution in [3.63, 3.8) is 0 Å². The smallest absolute Gasteiger partial charge is 0.0931 e. The number of nitrogens with one attached hydrogen (secondary N) is 1. The van der Waals surface area contributed by atoms with Gasteiger partial charge in [0.1, 0.15) is 0 Å². The molecule has 17 heavy (non-hydrogen) atoms. The summed E-state index contributed by atoms with van der Waals surface area (Å²) in [4.78, 5) is 1.38. The molecule has 1 rings (SSSR count). The second kappa shape index (κ2) is 8.12. The zero-order valence-corrected chi connectivity index (χ0v) is 12.7. The molecule has 98 valence electrons. The maximum atomic E-state index is 5.91. The number of halogens is 1. The summed E-state index contributed by atoms with van der Waals surface area (Å²) in [5.74, 6) is 0.823. The Bertz CT molecular complexity index is 311. The summed E-state index contributed by atoms with van der Waals surface area (Å²) in [7, 11) is 0. The fraction of sp³-hybridized carbons (Fsp3) is 0.714. The van der Waals surface area contributed by atoms with Crippen LogP contribution < -0.4 is 5.32 Å². The van der Waals surface area contributed by atoms with Gasteiger partial charge in [0.15, 0.2) is 0 Å². The van der Waals surface area contributed by atoms with Gasteiger partial charge in [-0.05, 0) is 37.3 Å². The van der Waals surface area contributed by atoms with Crippen molar-refractivity contribution in [2.24, 2.45) is 5.92 Å². The van der Waals surface area contributed by atoms with Crippen LogP contribution >= 0.6 is 22.9 Å². The molecule has 0 aliphatic carbocycles. The van der Waals surface area contributed by atoms with Crippen molar-refractivity contribution in [2.45, 2.75) is 52.5 Å². The molecule has 1 aromatic heterocycles. The topological polar surface area (TPSA) is 12.0 Å². The summed E-state index contributed by atoms with van der Waals surface area (Å²) in [6.07, 6.45) is 4.88. The Hall–Kier alpha value is -0.0500. The third kappa shape index (κ3) is 5.89. The Morgan fingerprint density at radius 1 is 1.29 bits per heavy atom. The first-order chi connectivity index (χ1) is 8.15. The molecule has 2 atom stereocenters. The second-order valence-electron chi connectivity index (χ2n) is 4.76. The Kier molecular flexibility index (Phi) is 7.17. The first-order valence-corrected chi connectivity index (χ1v) is 7.82. The van der Waals surface area contributed by atoms with E-state index in [1.807, 2.05) is 6.07 Å². The zero-order valence-electron chi connectivity index (χ0n) is 11.1. The molecule has 2 unspecified atom stereocenters. The molecule has 1 nitrogen and oxygen atoms in total. The van der Waals surface area contributed by atoms with Gasteiger partial charge in [-0.15, -0.1) is 11.3 Å². The molecule has 0 aromatic carbocycles. The molecule has 0 amide bonds. The number of rotatable bonds is 8. The average molecular weight is 274 g/mol. The van der Waals surface area contributed by atoms with E-state index in [-0.39, 0.29) is 0 Å². The third-order valence-corrected chi connectivity index (χ3v) is 4.60. The van der Waals surface area contributed by atoms with Gasteiger partial charge in [0, 0.05) is 17.5 Å². The van der Waals surface area contributed by atoms with Crippen LogP contribution in [0.5, 0.6) is 0 Å². The molecule has 0 aliphatic heterocycles. The molecular weight excluding hydrogens is 250 g/mol. The summed E-state index contributed by atoms with van der Waals surface area (Å²) in [5, 5.41) is 3.66. The molecule has 0 saturated carbocycles. The molecule has 0 spiro atoms. The highest BCUT2D eigenvalue weighted by atomic mass is 35.5. The highest BCUT2D eigenvalue weighted by Gasteiger charge is 2.09. The maximum Gasteiger partial charge on any atom is 0.0931 e. The van der Waals surface area contributed by atoms with Gasteiger partial charge in [0.05, 0.1) is 4.34 Å². The van der Waals surface area contributed by atoms with E-state index >= 15 is 0 Å². The van der Waals surface area contributed by atoms with Crippen LogP contribution in [-0.2, 0) is 6.42 Å². The highest BCUT2D eigenvalue weighted by Crippen LogP contribution is 2.21. The van der Waals surface area contributed by atoms with Gasteiger partial charge in [-0.2, -0.15) is 0 Å². The Morgan fingerprint density at radius 3 is 2.59 bits per heavy atom. The standard InChI is InChI=1S/C14H24ClNS/c1-4-11(3)10-12(5-2)16-9-8-13-6-7-14(15)17-13/h6-7,11-12,16H,4-5,8-10H2,1-3H3. The summed E-state index contributed by atoms with van der Waals surface area (Å²) >= 11 is 7.61. The molecule has 1 aromatic rings. The minimum Gasteiger partial charge on any atom is -0.314 e. The van der Waals surface area contributed by atoms with Crippen molar-refractivity contribution in [3.05, 3.63) is 21.3 Å². The van der Waals surface area contributed by atoms with Crippen LogP contribution in [0.2, 0.25) is 4.34 Å². The maximum absolute atomic E-state index is 5.91. The minimum absolute atomic E-state index is 0.667. The number of hydrogen-bond acceptors (Lipinski definition) is 2. The van der Waals surface area contributed by atoms with Gasteiger partial charge in [-0.1, -0.05) is 38.8 Å². The lowest BCUT2D eigenvalue weighted by atomic mass is 9.98. The molecule has 3 heteroatoms. The lowest BCUT2D eigenvalue weighted by molar-refractivity contribution is 0.387. The first kappa shape index (κ1) is 15.0. The van der Waals surface area contributed by atoms with Crippen LogP contribution in [0.15, 0.2) is 12.1 Å². The van der Waals surface area contributed by atoms with E-state index in [9.17, 15) is 0 Å². The van der Waals surface area contributed by atoms with E-state index in [0.29, 0.717) is 6.04 Å². The summed E-state index contributed by atoms with van der Waals surface area (Å²) in [6.45, 7) is 7.93. The van der Waals surface area contributed by atoms with E-state index in [4.69, 9.17) is 11.6 Å². The minimum atomic E-state index is 0.667. The van der Waals surface area contributed by atoms with Gasteiger partial charge in [-0.3, -0.25) is 0 Å². The van der Waals surface area contributed by atoms with Gasteiger partial charge in [0.2, 0.25) is 0 Å². The van der Waals surface area contributed by atoms with Gasteiger partial charge in [-0.25, -0.2) is 0 Å².